The zero-order valence-corrected chi connectivity index (χ0v) is 10.8. The number of benzene rings is 1. The van der Waals surface area contributed by atoms with Crippen LogP contribution in [0.4, 0.5) is 5.82 Å². The first-order valence-electron chi connectivity index (χ1n) is 5.86. The van der Waals surface area contributed by atoms with E-state index < -0.39 is 0 Å². The van der Waals surface area contributed by atoms with Crippen LogP contribution in [-0.4, -0.2) is 17.0 Å². The molecule has 0 saturated carbocycles. The Bertz CT molecular complexity index is 619. The van der Waals surface area contributed by atoms with Gasteiger partial charge in [0.05, 0.1) is 11.6 Å². The van der Waals surface area contributed by atoms with Crippen molar-refractivity contribution in [2.24, 2.45) is 0 Å². The molecule has 0 aliphatic rings. The molecule has 0 radical (unpaired) electrons. The monoisotopic (exact) mass is 254 g/mol. The highest BCUT2D eigenvalue weighted by Crippen LogP contribution is 2.14. The number of nitrogens with one attached hydrogen (secondary N) is 1. The molecule has 0 unspecified atom stereocenters. The minimum Gasteiger partial charge on any atom is -0.486 e. The lowest BCUT2D eigenvalue weighted by molar-refractivity contribution is 0.295. The molecule has 19 heavy (non-hydrogen) atoms. The van der Waals surface area contributed by atoms with Crippen LogP contribution >= 0.6 is 0 Å². The van der Waals surface area contributed by atoms with Gasteiger partial charge in [0.25, 0.3) is 0 Å². The topological polar surface area (TPSA) is 70.8 Å². The quantitative estimate of drug-likeness (QED) is 0.906. The number of nitriles is 1. The standard InChI is InChI=1S/C14H14N4O/c1-10-6-13(16-2)18-14(17-10)9-19-12-5-3-4-11(7-12)8-15/h3-7H,9H2,1-2H3,(H,16,17,18). The van der Waals surface area contributed by atoms with E-state index in [9.17, 15) is 0 Å². The molecule has 5 heteroatoms. The zero-order valence-electron chi connectivity index (χ0n) is 10.8. The van der Waals surface area contributed by atoms with Crippen LogP contribution in [0.3, 0.4) is 0 Å². The van der Waals surface area contributed by atoms with E-state index >= 15 is 0 Å². The molecule has 0 aliphatic carbocycles. The molecule has 0 atom stereocenters. The highest BCUT2D eigenvalue weighted by Gasteiger charge is 2.03. The second kappa shape index (κ2) is 5.83. The maximum atomic E-state index is 8.81. The van der Waals surface area contributed by atoms with Gasteiger partial charge in [0, 0.05) is 18.8 Å². The van der Waals surface area contributed by atoms with Crippen molar-refractivity contribution >= 4 is 5.82 Å². The van der Waals surface area contributed by atoms with Gasteiger partial charge < -0.3 is 10.1 Å². The molecule has 2 rings (SSSR count). The van der Waals surface area contributed by atoms with Crippen LogP contribution in [0.25, 0.3) is 0 Å². The van der Waals surface area contributed by atoms with Gasteiger partial charge in [0.15, 0.2) is 5.82 Å². The van der Waals surface area contributed by atoms with E-state index in [1.54, 1.807) is 24.3 Å². The number of hydrogen-bond donors (Lipinski definition) is 1. The normalized spacial score (nSPS) is 9.74. The first kappa shape index (κ1) is 12.8. The third-order valence-corrected chi connectivity index (χ3v) is 2.49. The number of anilines is 1. The average molecular weight is 254 g/mol. The van der Waals surface area contributed by atoms with Gasteiger partial charge in [-0.05, 0) is 25.1 Å². The predicted molar refractivity (Wildman–Crippen MR) is 71.8 cm³/mol. The van der Waals surface area contributed by atoms with Gasteiger partial charge >= 0.3 is 0 Å². The van der Waals surface area contributed by atoms with Gasteiger partial charge in [0.1, 0.15) is 18.2 Å². The van der Waals surface area contributed by atoms with Crippen LogP contribution in [0.1, 0.15) is 17.1 Å². The summed E-state index contributed by atoms with van der Waals surface area (Å²) in [7, 11) is 1.81. The van der Waals surface area contributed by atoms with Crippen molar-refractivity contribution in [3.05, 3.63) is 47.4 Å². The second-order valence-electron chi connectivity index (χ2n) is 3.99. The Kier molecular flexibility index (Phi) is 3.94. The van der Waals surface area contributed by atoms with Gasteiger partial charge in [-0.3, -0.25) is 0 Å². The van der Waals surface area contributed by atoms with E-state index in [1.807, 2.05) is 20.0 Å². The molecule has 96 valence electrons. The molecule has 0 fully saturated rings. The van der Waals surface area contributed by atoms with Crippen LogP contribution in [0.5, 0.6) is 5.75 Å². The lowest BCUT2D eigenvalue weighted by atomic mass is 10.2. The average Bonchev–Trinajstić information content (AvgIpc) is 2.44. The molecule has 0 aliphatic heterocycles. The summed E-state index contributed by atoms with van der Waals surface area (Å²) < 4.78 is 5.59. The van der Waals surface area contributed by atoms with Gasteiger partial charge in [-0.2, -0.15) is 5.26 Å². The van der Waals surface area contributed by atoms with E-state index in [0.29, 0.717) is 17.1 Å². The summed E-state index contributed by atoms with van der Waals surface area (Å²) >= 11 is 0. The summed E-state index contributed by atoms with van der Waals surface area (Å²) in [5.41, 5.74) is 1.45. The van der Waals surface area contributed by atoms with Crippen molar-refractivity contribution in [1.82, 2.24) is 9.97 Å². The Morgan fingerprint density at radius 2 is 2.16 bits per heavy atom. The third-order valence-electron chi connectivity index (χ3n) is 2.49. The number of nitrogens with zero attached hydrogens (tertiary/aromatic N) is 3. The third kappa shape index (κ3) is 3.42. The molecule has 1 N–H and O–H groups in total. The molecule has 1 aromatic carbocycles. The summed E-state index contributed by atoms with van der Waals surface area (Å²) in [6.07, 6.45) is 0. The molecule has 0 spiro atoms. The highest BCUT2D eigenvalue weighted by atomic mass is 16.5. The Morgan fingerprint density at radius 3 is 2.89 bits per heavy atom. The summed E-state index contributed by atoms with van der Waals surface area (Å²) in [4.78, 5) is 8.60. The van der Waals surface area contributed by atoms with Gasteiger partial charge in [-0.1, -0.05) is 6.07 Å². The number of aromatic nitrogens is 2. The van der Waals surface area contributed by atoms with Crippen LogP contribution in [-0.2, 0) is 6.61 Å². The molecular formula is C14H14N4O. The van der Waals surface area contributed by atoms with E-state index in [2.05, 4.69) is 21.4 Å². The summed E-state index contributed by atoms with van der Waals surface area (Å²) in [6.45, 7) is 2.17. The predicted octanol–water partition coefficient (Wildman–Crippen LogP) is 2.28. The van der Waals surface area contributed by atoms with Crippen LogP contribution < -0.4 is 10.1 Å². The maximum Gasteiger partial charge on any atom is 0.168 e. The Hall–Kier alpha value is -2.61. The number of ether oxygens (including phenoxy) is 1. The van der Waals surface area contributed by atoms with Gasteiger partial charge in [0.2, 0.25) is 0 Å². The lowest BCUT2D eigenvalue weighted by Gasteiger charge is -2.07. The minimum atomic E-state index is 0.269. The van der Waals surface area contributed by atoms with E-state index in [1.165, 1.54) is 0 Å². The molecule has 0 saturated heterocycles. The molecule has 0 amide bonds. The number of aryl methyl sites for hydroxylation is 1. The van der Waals surface area contributed by atoms with Crippen molar-refractivity contribution < 1.29 is 4.74 Å². The van der Waals surface area contributed by atoms with Crippen molar-refractivity contribution in [3.8, 4) is 11.8 Å². The fourth-order valence-electron chi connectivity index (χ4n) is 1.63. The number of rotatable bonds is 4. The second-order valence-corrected chi connectivity index (χ2v) is 3.99. The largest absolute Gasteiger partial charge is 0.486 e. The lowest BCUT2D eigenvalue weighted by Crippen LogP contribution is -2.05. The fourth-order valence-corrected chi connectivity index (χ4v) is 1.63. The van der Waals surface area contributed by atoms with Crippen molar-refractivity contribution in [2.75, 3.05) is 12.4 Å². The number of hydrogen-bond acceptors (Lipinski definition) is 5. The van der Waals surface area contributed by atoms with E-state index in [-0.39, 0.29) is 6.61 Å². The highest BCUT2D eigenvalue weighted by molar-refractivity contribution is 5.37. The molecule has 0 bridgehead atoms. The van der Waals surface area contributed by atoms with Gasteiger partial charge in [-0.15, -0.1) is 0 Å². The molecular weight excluding hydrogens is 240 g/mol. The summed E-state index contributed by atoms with van der Waals surface area (Å²) in [5, 5.41) is 11.8. The zero-order chi connectivity index (χ0) is 13.7. The molecule has 1 aromatic heterocycles. The van der Waals surface area contributed by atoms with Crippen molar-refractivity contribution in [1.29, 1.82) is 5.26 Å². The first-order valence-corrected chi connectivity index (χ1v) is 5.86. The van der Waals surface area contributed by atoms with Crippen molar-refractivity contribution in [2.45, 2.75) is 13.5 Å². The van der Waals surface area contributed by atoms with Crippen LogP contribution in [0.2, 0.25) is 0 Å². The summed E-state index contributed by atoms with van der Waals surface area (Å²) in [5.74, 6) is 2.00. The maximum absolute atomic E-state index is 8.81. The molecule has 5 nitrogen and oxygen atoms in total. The van der Waals surface area contributed by atoms with E-state index in [4.69, 9.17) is 10.00 Å². The van der Waals surface area contributed by atoms with Gasteiger partial charge in [-0.25, -0.2) is 9.97 Å². The summed E-state index contributed by atoms with van der Waals surface area (Å²) in [6, 6.07) is 10.9. The van der Waals surface area contributed by atoms with Crippen LogP contribution in [0, 0.1) is 18.3 Å². The first-order chi connectivity index (χ1) is 9.21. The SMILES string of the molecule is CNc1cc(C)nc(COc2cccc(C#N)c2)n1. The van der Waals surface area contributed by atoms with Crippen molar-refractivity contribution in [3.63, 3.8) is 0 Å². The molecule has 2 aromatic rings. The Labute approximate surface area is 111 Å². The van der Waals surface area contributed by atoms with E-state index in [0.717, 1.165) is 11.5 Å². The Balaban J connectivity index is 2.10. The minimum absolute atomic E-state index is 0.269. The smallest absolute Gasteiger partial charge is 0.168 e. The Morgan fingerprint density at radius 1 is 1.32 bits per heavy atom. The van der Waals surface area contributed by atoms with Crippen LogP contribution in [0.15, 0.2) is 30.3 Å². The molecule has 1 heterocycles. The fraction of sp³-hybridized carbons (Fsp3) is 0.214.